The van der Waals surface area contributed by atoms with Gasteiger partial charge in [0.25, 0.3) is 0 Å². The molecule has 0 aliphatic heterocycles. The zero-order valence-corrected chi connectivity index (χ0v) is 25.9. The third-order valence-electron chi connectivity index (χ3n) is 7.57. The summed E-state index contributed by atoms with van der Waals surface area (Å²) in [6, 6.07) is 3.86. The molecule has 2 amide bonds. The second-order valence-electron chi connectivity index (χ2n) is 12.2. The molecule has 2 fully saturated rings. The molecule has 0 aromatic heterocycles. The molecule has 0 saturated heterocycles. The summed E-state index contributed by atoms with van der Waals surface area (Å²) in [6.45, 7) is 5.19. The molecule has 238 valence electrons. The molecule has 15 heteroatoms. The van der Waals surface area contributed by atoms with Gasteiger partial charge in [0.05, 0.1) is 10.6 Å². The summed E-state index contributed by atoms with van der Waals surface area (Å²) in [6.07, 6.45) is -0.689. The number of halogens is 3. The van der Waals surface area contributed by atoms with Gasteiger partial charge in [0.15, 0.2) is 15.6 Å². The Balaban J connectivity index is 1.62. The van der Waals surface area contributed by atoms with Crippen LogP contribution >= 0.6 is 0 Å². The predicted octanol–water partition coefficient (Wildman–Crippen LogP) is 4.47. The smallest absolute Gasteiger partial charge is 0.408 e. The van der Waals surface area contributed by atoms with Crippen molar-refractivity contribution in [3.8, 4) is 0 Å². The number of hydrogen-bond acceptors (Lipinski definition) is 7. The van der Waals surface area contributed by atoms with Crippen molar-refractivity contribution < 1.29 is 44.3 Å². The summed E-state index contributed by atoms with van der Waals surface area (Å²) in [7, 11) is -6.74. The van der Waals surface area contributed by atoms with Crippen LogP contribution in [0.2, 0.25) is 0 Å². The number of sulfone groups is 1. The summed E-state index contributed by atoms with van der Waals surface area (Å²) in [5.74, 6) is -2.83. The molecule has 2 N–H and O–H groups in total. The molecule has 0 bridgehead atoms. The maximum absolute atomic E-state index is 13.4. The largest absolute Gasteiger partial charge is 0.444 e. The van der Waals surface area contributed by atoms with E-state index in [4.69, 9.17) is 4.74 Å². The van der Waals surface area contributed by atoms with Crippen LogP contribution in [0.4, 0.5) is 23.7 Å². The summed E-state index contributed by atoms with van der Waals surface area (Å²) >= 11 is 0. The van der Waals surface area contributed by atoms with Gasteiger partial charge >= 0.3 is 12.3 Å². The van der Waals surface area contributed by atoms with Crippen LogP contribution in [0.1, 0.15) is 65.7 Å². The van der Waals surface area contributed by atoms with E-state index in [0.29, 0.717) is 25.7 Å². The first-order valence-electron chi connectivity index (χ1n) is 13.9. The Kier molecular flexibility index (Phi) is 10.5. The molecular weight excluding hydrogens is 599 g/mol. The maximum atomic E-state index is 13.4. The average molecular weight is 640 g/mol. The highest BCUT2D eigenvalue weighted by Crippen LogP contribution is 2.35. The number of rotatable bonds is 10. The first-order valence-corrected chi connectivity index (χ1v) is 17.2. The van der Waals surface area contributed by atoms with Crippen molar-refractivity contribution in [1.29, 1.82) is 0 Å². The standard InChI is InChI=1S/C27H40F3N3O7S2/c1-26(2,3)40-25(35)31-23(24(34)33(4)21-6-5-7-21)19-10-8-18(9-11-19)16-41(36,37)22-14-12-20(13-15-22)32-42(38,39)17-27(28,29)30/h12-15,18-19,21,23,32H,5-11,16-17H2,1-4H3,(H,31,35)/t18-,19-,23-/m0/s1. The van der Waals surface area contributed by atoms with Gasteiger partial charge in [-0.05, 0) is 102 Å². The second kappa shape index (κ2) is 13.0. The first-order chi connectivity index (χ1) is 19.2. The quantitative estimate of drug-likeness (QED) is 0.385. The molecule has 0 spiro atoms. The molecule has 0 unspecified atom stereocenters. The lowest BCUT2D eigenvalue weighted by Gasteiger charge is -2.40. The number of amides is 2. The Bertz CT molecular complexity index is 1320. The van der Waals surface area contributed by atoms with Gasteiger partial charge in [-0.15, -0.1) is 0 Å². The number of carbonyl (C=O) groups excluding carboxylic acids is 2. The number of hydrogen-bond donors (Lipinski definition) is 2. The molecule has 1 atom stereocenters. The summed E-state index contributed by atoms with van der Waals surface area (Å²) < 4.78 is 94.1. The van der Waals surface area contributed by atoms with E-state index in [9.17, 15) is 39.6 Å². The van der Waals surface area contributed by atoms with Gasteiger partial charge in [0, 0.05) is 18.8 Å². The number of sulfonamides is 1. The van der Waals surface area contributed by atoms with E-state index in [1.165, 1.54) is 0 Å². The Morgan fingerprint density at radius 1 is 0.976 bits per heavy atom. The second-order valence-corrected chi connectivity index (χ2v) is 16.0. The van der Waals surface area contributed by atoms with Crippen LogP contribution in [0.15, 0.2) is 29.2 Å². The highest BCUT2D eigenvalue weighted by atomic mass is 32.2. The highest BCUT2D eigenvalue weighted by molar-refractivity contribution is 7.92. The van der Waals surface area contributed by atoms with Gasteiger partial charge in [0.2, 0.25) is 15.9 Å². The molecule has 2 aliphatic carbocycles. The average Bonchev–Trinajstić information content (AvgIpc) is 2.78. The summed E-state index contributed by atoms with van der Waals surface area (Å²) in [4.78, 5) is 27.6. The van der Waals surface area contributed by atoms with Gasteiger partial charge in [-0.25, -0.2) is 21.6 Å². The fourth-order valence-electron chi connectivity index (χ4n) is 5.25. The minimum Gasteiger partial charge on any atom is -0.444 e. The third-order valence-corrected chi connectivity index (χ3v) is 10.7. The fraction of sp³-hybridized carbons (Fsp3) is 0.704. The number of ether oxygens (including phenoxy) is 1. The van der Waals surface area contributed by atoms with Crippen LogP contribution in [0.3, 0.4) is 0 Å². The number of anilines is 1. The lowest BCUT2D eigenvalue weighted by molar-refractivity contribution is -0.137. The van der Waals surface area contributed by atoms with Crippen molar-refractivity contribution in [2.24, 2.45) is 11.8 Å². The van der Waals surface area contributed by atoms with Gasteiger partial charge in [0.1, 0.15) is 11.6 Å². The monoisotopic (exact) mass is 639 g/mol. The molecule has 0 heterocycles. The lowest BCUT2D eigenvalue weighted by Crippen LogP contribution is -2.55. The number of alkyl carbamates (subject to hydrolysis) is 1. The van der Waals surface area contributed by atoms with E-state index < -0.39 is 49.5 Å². The SMILES string of the molecule is CN(C(=O)[C@@H](NC(=O)OC(C)(C)C)[C@H]1CC[C@H](CS(=O)(=O)c2ccc(NS(=O)(=O)CC(F)(F)F)cc2)CC1)C1CCC1. The van der Waals surface area contributed by atoms with E-state index >= 15 is 0 Å². The highest BCUT2D eigenvalue weighted by Gasteiger charge is 2.39. The zero-order valence-electron chi connectivity index (χ0n) is 24.2. The number of alkyl halides is 3. The van der Waals surface area contributed by atoms with E-state index in [-0.39, 0.29) is 40.1 Å². The summed E-state index contributed by atoms with van der Waals surface area (Å²) in [5, 5.41) is 2.77. The first kappa shape index (κ1) is 33.9. The molecule has 2 saturated carbocycles. The van der Waals surface area contributed by atoms with Crippen LogP contribution < -0.4 is 10.0 Å². The molecule has 2 aliphatic rings. The fourth-order valence-corrected chi connectivity index (χ4v) is 7.94. The van der Waals surface area contributed by atoms with Crippen molar-refractivity contribution in [3.63, 3.8) is 0 Å². The number of carbonyl (C=O) groups is 2. The normalized spacial score (nSPS) is 21.1. The van der Waals surface area contributed by atoms with E-state index in [2.05, 4.69) is 5.32 Å². The predicted molar refractivity (Wildman–Crippen MR) is 151 cm³/mol. The van der Waals surface area contributed by atoms with Crippen molar-refractivity contribution in [3.05, 3.63) is 24.3 Å². The topological polar surface area (TPSA) is 139 Å². The minimum atomic E-state index is -4.92. The number of benzene rings is 1. The Labute approximate surface area is 245 Å². The number of nitrogens with zero attached hydrogens (tertiary/aromatic N) is 1. The summed E-state index contributed by atoms with van der Waals surface area (Å²) in [5.41, 5.74) is -0.923. The Hall–Kier alpha value is -2.55. The van der Waals surface area contributed by atoms with Crippen molar-refractivity contribution in [1.82, 2.24) is 10.2 Å². The van der Waals surface area contributed by atoms with Crippen LogP contribution in [0, 0.1) is 11.8 Å². The van der Waals surface area contributed by atoms with Crippen molar-refractivity contribution in [2.75, 3.05) is 23.3 Å². The van der Waals surface area contributed by atoms with Crippen molar-refractivity contribution >= 4 is 37.5 Å². The van der Waals surface area contributed by atoms with Gasteiger partial charge in [-0.1, -0.05) is 0 Å². The van der Waals surface area contributed by atoms with E-state index in [1.807, 2.05) is 0 Å². The molecule has 1 aromatic rings. The van der Waals surface area contributed by atoms with Crippen LogP contribution in [0.25, 0.3) is 0 Å². The zero-order chi connectivity index (χ0) is 31.5. The Morgan fingerprint density at radius 3 is 2.02 bits per heavy atom. The van der Waals surface area contributed by atoms with E-state index in [0.717, 1.165) is 43.5 Å². The maximum Gasteiger partial charge on any atom is 0.408 e. The molecule has 0 radical (unpaired) electrons. The molecule has 1 aromatic carbocycles. The van der Waals surface area contributed by atoms with Crippen LogP contribution in [0.5, 0.6) is 0 Å². The Morgan fingerprint density at radius 2 is 1.55 bits per heavy atom. The third kappa shape index (κ3) is 10.0. The number of nitrogens with one attached hydrogen (secondary N) is 2. The van der Waals surface area contributed by atoms with Gasteiger partial charge in [-0.3, -0.25) is 9.52 Å². The molecule has 3 rings (SSSR count). The number of likely N-dealkylation sites (N-methyl/N-ethyl adjacent to an activating group) is 1. The van der Waals surface area contributed by atoms with E-state index in [1.54, 1.807) is 37.4 Å². The van der Waals surface area contributed by atoms with Gasteiger partial charge in [-0.2, -0.15) is 13.2 Å². The minimum absolute atomic E-state index is 0.0786. The molecule has 42 heavy (non-hydrogen) atoms. The lowest BCUT2D eigenvalue weighted by atomic mass is 9.78. The van der Waals surface area contributed by atoms with Crippen molar-refractivity contribution in [2.45, 2.75) is 94.5 Å². The molecular formula is C27H40F3N3O7S2. The molecule has 10 nitrogen and oxygen atoms in total. The van der Waals surface area contributed by atoms with Crippen LogP contribution in [-0.2, 0) is 29.4 Å². The van der Waals surface area contributed by atoms with Crippen LogP contribution in [-0.4, -0.2) is 76.2 Å². The van der Waals surface area contributed by atoms with Gasteiger partial charge < -0.3 is 15.0 Å².